The van der Waals surface area contributed by atoms with Crippen molar-refractivity contribution in [1.29, 1.82) is 0 Å². The third-order valence-electron chi connectivity index (χ3n) is 2.36. The van der Waals surface area contributed by atoms with E-state index in [1.165, 1.54) is 0 Å². The van der Waals surface area contributed by atoms with Gasteiger partial charge in [-0.3, -0.25) is 0 Å². The monoisotopic (exact) mass is 282 g/mol. The molecule has 1 saturated carbocycles. The summed E-state index contributed by atoms with van der Waals surface area (Å²) in [5, 5.41) is 4.46. The Kier molecular flexibility index (Phi) is 3.38. The predicted molar refractivity (Wildman–Crippen MR) is 58.6 cm³/mol. The summed E-state index contributed by atoms with van der Waals surface area (Å²) < 4.78 is 65.0. The molecule has 0 amide bonds. The third kappa shape index (κ3) is 2.38. The highest BCUT2D eigenvalue weighted by Crippen LogP contribution is 2.27. The molecule has 1 aliphatic rings. The highest BCUT2D eigenvalue weighted by molar-refractivity contribution is 7.80. The van der Waals surface area contributed by atoms with Crippen LogP contribution in [0.15, 0.2) is 0 Å². The van der Waals surface area contributed by atoms with Crippen LogP contribution in [0.5, 0.6) is 0 Å². The van der Waals surface area contributed by atoms with E-state index in [0.29, 0.717) is 0 Å². The second kappa shape index (κ2) is 4.68. The van der Waals surface area contributed by atoms with Crippen LogP contribution >= 0.6 is 12.2 Å². The first kappa shape index (κ1) is 13.0. The second-order valence-electron chi connectivity index (χ2n) is 3.82. The largest absolute Gasteiger partial charge is 0.360 e. The molecule has 0 aliphatic heterocycles. The Morgan fingerprint density at radius 1 is 0.889 bits per heavy atom. The first-order valence-corrected chi connectivity index (χ1v) is 5.41. The summed E-state index contributed by atoms with van der Waals surface area (Å²) in [6, 6.07) is 0.0891. The average Bonchev–Trinajstić information content (AvgIpc) is 3.13. The molecule has 0 unspecified atom stereocenters. The molecule has 18 heavy (non-hydrogen) atoms. The van der Waals surface area contributed by atoms with Crippen molar-refractivity contribution in [3.63, 3.8) is 0 Å². The number of anilines is 1. The molecule has 98 valence electrons. The van der Waals surface area contributed by atoms with Crippen molar-refractivity contribution in [2.24, 2.45) is 0 Å². The lowest BCUT2D eigenvalue weighted by molar-refractivity contribution is 0.382. The van der Waals surface area contributed by atoms with Gasteiger partial charge in [-0.25, -0.2) is 22.0 Å². The Bertz CT molecular complexity index is 486. The SMILES string of the molecule is Fc1c(F)c(F)c(NC(=S)NC2CC2)c(F)c1F. The van der Waals surface area contributed by atoms with E-state index >= 15 is 0 Å². The lowest BCUT2D eigenvalue weighted by Crippen LogP contribution is -2.31. The van der Waals surface area contributed by atoms with Gasteiger partial charge in [-0.2, -0.15) is 0 Å². The maximum Gasteiger partial charge on any atom is 0.200 e. The summed E-state index contributed by atoms with van der Waals surface area (Å²) in [7, 11) is 0. The number of hydrogen-bond acceptors (Lipinski definition) is 1. The average molecular weight is 282 g/mol. The molecular formula is C10H7F5N2S. The van der Waals surface area contributed by atoms with E-state index < -0.39 is 34.8 Å². The fraction of sp³-hybridized carbons (Fsp3) is 0.300. The summed E-state index contributed by atoms with van der Waals surface area (Å²) in [6.45, 7) is 0. The van der Waals surface area contributed by atoms with Crippen LogP contribution in [0.4, 0.5) is 27.6 Å². The summed E-state index contributed by atoms with van der Waals surface area (Å²) in [5.74, 6) is -10.1. The maximum absolute atomic E-state index is 13.2. The van der Waals surface area contributed by atoms with Gasteiger partial charge in [0.05, 0.1) is 0 Å². The van der Waals surface area contributed by atoms with Gasteiger partial charge in [-0.1, -0.05) is 0 Å². The zero-order valence-electron chi connectivity index (χ0n) is 8.79. The van der Waals surface area contributed by atoms with Gasteiger partial charge in [0.2, 0.25) is 5.82 Å². The molecule has 0 aromatic heterocycles. The minimum atomic E-state index is -2.20. The Hall–Kier alpha value is -1.44. The number of nitrogens with one attached hydrogen (secondary N) is 2. The van der Waals surface area contributed by atoms with E-state index in [0.717, 1.165) is 12.8 Å². The normalized spacial score (nSPS) is 14.5. The highest BCUT2D eigenvalue weighted by Gasteiger charge is 2.27. The van der Waals surface area contributed by atoms with Crippen molar-refractivity contribution in [1.82, 2.24) is 5.32 Å². The van der Waals surface area contributed by atoms with Crippen LogP contribution in [0.3, 0.4) is 0 Å². The fourth-order valence-electron chi connectivity index (χ4n) is 1.28. The van der Waals surface area contributed by atoms with Gasteiger partial charge in [-0.15, -0.1) is 0 Å². The number of rotatable bonds is 2. The van der Waals surface area contributed by atoms with Gasteiger partial charge in [0.15, 0.2) is 28.4 Å². The second-order valence-corrected chi connectivity index (χ2v) is 4.23. The first-order chi connectivity index (χ1) is 8.41. The molecule has 2 rings (SSSR count). The van der Waals surface area contributed by atoms with Gasteiger partial charge in [0.25, 0.3) is 0 Å². The van der Waals surface area contributed by atoms with Gasteiger partial charge in [0.1, 0.15) is 5.69 Å². The third-order valence-corrected chi connectivity index (χ3v) is 2.58. The van der Waals surface area contributed by atoms with Gasteiger partial charge in [0, 0.05) is 6.04 Å². The van der Waals surface area contributed by atoms with Crippen molar-refractivity contribution in [2.75, 3.05) is 5.32 Å². The van der Waals surface area contributed by atoms with E-state index in [9.17, 15) is 22.0 Å². The zero-order valence-corrected chi connectivity index (χ0v) is 9.61. The van der Waals surface area contributed by atoms with E-state index in [1.807, 2.05) is 5.32 Å². The smallest absolute Gasteiger partial charge is 0.200 e. The molecule has 0 atom stereocenters. The molecule has 2 N–H and O–H groups in total. The molecule has 2 nitrogen and oxygen atoms in total. The number of halogens is 5. The van der Waals surface area contributed by atoms with E-state index in [1.54, 1.807) is 0 Å². The summed E-state index contributed by atoms with van der Waals surface area (Å²) in [5.41, 5.74) is -1.15. The van der Waals surface area contributed by atoms with Gasteiger partial charge < -0.3 is 10.6 Å². The van der Waals surface area contributed by atoms with Crippen LogP contribution in [-0.2, 0) is 0 Å². The molecule has 1 fully saturated rings. The Labute approximate surface area is 104 Å². The quantitative estimate of drug-likeness (QED) is 0.377. The molecule has 1 aliphatic carbocycles. The number of thiocarbonyl (C=S) groups is 1. The fourth-order valence-corrected chi connectivity index (χ4v) is 1.55. The molecule has 8 heteroatoms. The Morgan fingerprint density at radius 3 is 1.78 bits per heavy atom. The lowest BCUT2D eigenvalue weighted by atomic mass is 10.2. The van der Waals surface area contributed by atoms with Crippen molar-refractivity contribution in [3.8, 4) is 0 Å². The van der Waals surface area contributed by atoms with Gasteiger partial charge in [-0.05, 0) is 25.1 Å². The number of benzene rings is 1. The van der Waals surface area contributed by atoms with Crippen molar-refractivity contribution < 1.29 is 22.0 Å². The molecule has 0 saturated heterocycles. The summed E-state index contributed by atoms with van der Waals surface area (Å²) >= 11 is 4.70. The van der Waals surface area contributed by atoms with E-state index in [-0.39, 0.29) is 11.2 Å². The molecule has 0 spiro atoms. The van der Waals surface area contributed by atoms with Crippen LogP contribution in [0.1, 0.15) is 12.8 Å². The molecule has 0 bridgehead atoms. The summed E-state index contributed by atoms with van der Waals surface area (Å²) in [4.78, 5) is 0. The van der Waals surface area contributed by atoms with Crippen molar-refractivity contribution in [2.45, 2.75) is 18.9 Å². The van der Waals surface area contributed by atoms with Crippen LogP contribution in [0.25, 0.3) is 0 Å². The molecule has 1 aromatic rings. The zero-order chi connectivity index (χ0) is 13.4. The van der Waals surface area contributed by atoms with E-state index in [2.05, 4.69) is 5.32 Å². The lowest BCUT2D eigenvalue weighted by Gasteiger charge is -2.12. The minimum absolute atomic E-state index is 0.0891. The predicted octanol–water partition coefficient (Wildman–Crippen LogP) is 2.83. The highest BCUT2D eigenvalue weighted by atomic mass is 32.1. The van der Waals surface area contributed by atoms with Crippen LogP contribution < -0.4 is 10.6 Å². The van der Waals surface area contributed by atoms with Crippen LogP contribution in [0.2, 0.25) is 0 Å². The number of hydrogen-bond donors (Lipinski definition) is 2. The standard InChI is InChI=1S/C10H7F5N2S/c11-4-5(12)7(14)9(8(15)6(4)13)17-10(18)16-3-1-2-3/h3H,1-2H2,(H2,16,17,18). The van der Waals surface area contributed by atoms with Crippen molar-refractivity contribution >= 4 is 23.0 Å². The Morgan fingerprint density at radius 2 is 1.33 bits per heavy atom. The van der Waals surface area contributed by atoms with Crippen LogP contribution in [-0.4, -0.2) is 11.2 Å². The van der Waals surface area contributed by atoms with Crippen LogP contribution in [0, 0.1) is 29.1 Å². The maximum atomic E-state index is 13.2. The topological polar surface area (TPSA) is 24.1 Å². The van der Waals surface area contributed by atoms with Crippen molar-refractivity contribution in [3.05, 3.63) is 29.1 Å². The molecule has 0 radical (unpaired) electrons. The van der Waals surface area contributed by atoms with Gasteiger partial charge >= 0.3 is 0 Å². The van der Waals surface area contributed by atoms with E-state index in [4.69, 9.17) is 12.2 Å². The summed E-state index contributed by atoms with van der Waals surface area (Å²) in [6.07, 6.45) is 1.69. The minimum Gasteiger partial charge on any atom is -0.360 e. The molecular weight excluding hydrogens is 275 g/mol. The molecule has 0 heterocycles. The Balaban J connectivity index is 2.28. The molecule has 1 aromatic carbocycles. The first-order valence-electron chi connectivity index (χ1n) is 5.00.